The molecule has 0 saturated heterocycles. The minimum atomic E-state index is -0.502. The van der Waals surface area contributed by atoms with Gasteiger partial charge in [-0.2, -0.15) is 5.26 Å². The lowest BCUT2D eigenvalue weighted by molar-refractivity contribution is 0.0600. The van der Waals surface area contributed by atoms with Gasteiger partial charge in [-0.1, -0.05) is 6.07 Å². The molecule has 78 valence electrons. The van der Waals surface area contributed by atoms with E-state index in [4.69, 9.17) is 11.0 Å². The second-order valence-corrected chi connectivity index (χ2v) is 3.08. The number of benzene rings is 1. The van der Waals surface area contributed by atoms with Gasteiger partial charge in [-0.25, -0.2) is 4.79 Å². The van der Waals surface area contributed by atoms with Crippen molar-refractivity contribution in [2.75, 3.05) is 7.11 Å². The Morgan fingerprint density at radius 2 is 2.27 bits per heavy atom. The van der Waals surface area contributed by atoms with Crippen molar-refractivity contribution in [2.24, 2.45) is 5.73 Å². The summed E-state index contributed by atoms with van der Waals surface area (Å²) in [5.41, 5.74) is 7.73. The molecule has 1 rings (SSSR count). The third-order valence-electron chi connectivity index (χ3n) is 2.31. The molecule has 0 unspecified atom stereocenters. The van der Waals surface area contributed by atoms with Crippen LogP contribution in [0.15, 0.2) is 12.1 Å². The fraction of sp³-hybridized carbons (Fsp3) is 0.273. The van der Waals surface area contributed by atoms with Crippen LogP contribution in [0.5, 0.6) is 0 Å². The topological polar surface area (TPSA) is 76.1 Å². The fourth-order valence-corrected chi connectivity index (χ4v) is 1.40. The van der Waals surface area contributed by atoms with Crippen LogP contribution in [0, 0.1) is 18.3 Å². The number of hydrogen-bond acceptors (Lipinski definition) is 4. The van der Waals surface area contributed by atoms with E-state index in [-0.39, 0.29) is 5.56 Å². The maximum absolute atomic E-state index is 11.3. The Balaban J connectivity index is 3.39. The van der Waals surface area contributed by atoms with Crippen LogP contribution < -0.4 is 5.73 Å². The molecule has 4 heteroatoms. The average Bonchev–Trinajstić information content (AvgIpc) is 2.27. The Kier molecular flexibility index (Phi) is 3.42. The van der Waals surface area contributed by atoms with Crippen LogP contribution in [0.2, 0.25) is 0 Å². The summed E-state index contributed by atoms with van der Waals surface area (Å²) < 4.78 is 4.59. The molecule has 0 amide bonds. The summed E-state index contributed by atoms with van der Waals surface area (Å²) in [6.07, 6.45) is 0. The molecule has 0 spiro atoms. The molecule has 0 aliphatic carbocycles. The molecule has 0 aliphatic rings. The summed E-state index contributed by atoms with van der Waals surface area (Å²) in [4.78, 5) is 11.3. The van der Waals surface area contributed by atoms with E-state index in [1.54, 1.807) is 19.1 Å². The second-order valence-electron chi connectivity index (χ2n) is 3.08. The first-order valence-electron chi connectivity index (χ1n) is 4.46. The monoisotopic (exact) mass is 204 g/mol. The first kappa shape index (κ1) is 11.2. The van der Waals surface area contributed by atoms with Gasteiger partial charge < -0.3 is 10.5 Å². The van der Waals surface area contributed by atoms with Crippen LogP contribution in [-0.4, -0.2) is 13.1 Å². The zero-order chi connectivity index (χ0) is 11.4. The number of hydrogen-bond donors (Lipinski definition) is 1. The smallest absolute Gasteiger partial charge is 0.339 e. The first-order chi connectivity index (χ1) is 7.15. The van der Waals surface area contributed by atoms with Gasteiger partial charge in [0.05, 0.1) is 18.2 Å². The third-order valence-corrected chi connectivity index (χ3v) is 2.31. The number of carbonyl (C=O) groups is 1. The zero-order valence-electron chi connectivity index (χ0n) is 8.70. The minimum Gasteiger partial charge on any atom is -0.465 e. The number of carbonyl (C=O) groups excluding carboxylic acids is 1. The van der Waals surface area contributed by atoms with E-state index in [0.29, 0.717) is 12.1 Å². The van der Waals surface area contributed by atoms with Crippen molar-refractivity contribution in [3.8, 4) is 6.07 Å². The van der Waals surface area contributed by atoms with Crippen molar-refractivity contribution in [1.82, 2.24) is 0 Å². The summed E-state index contributed by atoms with van der Waals surface area (Å²) in [5.74, 6) is -0.502. The molecule has 0 atom stereocenters. The highest BCUT2D eigenvalue weighted by atomic mass is 16.5. The van der Waals surface area contributed by atoms with Crippen molar-refractivity contribution in [3.63, 3.8) is 0 Å². The van der Waals surface area contributed by atoms with E-state index in [1.807, 2.05) is 6.07 Å². The molecule has 2 N–H and O–H groups in total. The van der Waals surface area contributed by atoms with E-state index in [1.165, 1.54) is 7.11 Å². The molecule has 0 fully saturated rings. The van der Waals surface area contributed by atoms with Crippen LogP contribution in [0.25, 0.3) is 0 Å². The number of nitrogens with zero attached hydrogens (tertiary/aromatic N) is 1. The first-order valence-corrected chi connectivity index (χ1v) is 4.46. The van der Waals surface area contributed by atoms with E-state index < -0.39 is 5.97 Å². The van der Waals surface area contributed by atoms with Gasteiger partial charge in [-0.15, -0.1) is 0 Å². The Morgan fingerprint density at radius 3 is 2.73 bits per heavy atom. The van der Waals surface area contributed by atoms with Gasteiger partial charge in [0.1, 0.15) is 6.07 Å². The molecule has 0 saturated carbocycles. The quantitative estimate of drug-likeness (QED) is 0.732. The lowest BCUT2D eigenvalue weighted by Gasteiger charge is -2.08. The maximum atomic E-state index is 11.3. The van der Waals surface area contributed by atoms with Gasteiger partial charge in [0, 0.05) is 6.54 Å². The summed E-state index contributed by atoms with van der Waals surface area (Å²) >= 11 is 0. The molecule has 0 bridgehead atoms. The molecule has 1 aromatic carbocycles. The molecule has 15 heavy (non-hydrogen) atoms. The van der Waals surface area contributed by atoms with Crippen molar-refractivity contribution in [2.45, 2.75) is 13.5 Å². The Morgan fingerprint density at radius 1 is 1.60 bits per heavy atom. The number of rotatable bonds is 2. The lowest BCUT2D eigenvalue weighted by atomic mass is 9.98. The fourth-order valence-electron chi connectivity index (χ4n) is 1.40. The van der Waals surface area contributed by atoms with E-state index in [9.17, 15) is 4.79 Å². The van der Waals surface area contributed by atoms with E-state index in [2.05, 4.69) is 4.74 Å². The summed E-state index contributed by atoms with van der Waals surface area (Å²) in [5, 5.41) is 8.97. The van der Waals surface area contributed by atoms with Gasteiger partial charge >= 0.3 is 5.97 Å². The van der Waals surface area contributed by atoms with E-state index in [0.717, 1.165) is 11.1 Å². The average molecular weight is 204 g/mol. The summed E-state index contributed by atoms with van der Waals surface area (Å²) in [6.45, 7) is 2.12. The normalized spacial score (nSPS) is 9.47. The molecule has 1 aromatic rings. The number of nitrogens with two attached hydrogens (primary N) is 1. The Bertz CT molecular complexity index is 433. The highest BCUT2D eigenvalue weighted by molar-refractivity contribution is 5.92. The van der Waals surface area contributed by atoms with Crippen LogP contribution in [-0.2, 0) is 11.3 Å². The van der Waals surface area contributed by atoms with Gasteiger partial charge in [0.2, 0.25) is 0 Å². The molecule has 0 aliphatic heterocycles. The highest BCUT2D eigenvalue weighted by Gasteiger charge is 2.15. The molecule has 0 aromatic heterocycles. The highest BCUT2D eigenvalue weighted by Crippen LogP contribution is 2.18. The third kappa shape index (κ3) is 1.97. The number of nitriles is 1. The summed E-state index contributed by atoms with van der Waals surface area (Å²) in [6, 6.07) is 5.30. The zero-order valence-corrected chi connectivity index (χ0v) is 8.70. The van der Waals surface area contributed by atoms with Gasteiger partial charge in [-0.05, 0) is 24.1 Å². The Hall–Kier alpha value is -1.86. The van der Waals surface area contributed by atoms with Crippen molar-refractivity contribution < 1.29 is 9.53 Å². The van der Waals surface area contributed by atoms with Crippen LogP contribution >= 0.6 is 0 Å². The van der Waals surface area contributed by atoms with Gasteiger partial charge in [0.15, 0.2) is 0 Å². The van der Waals surface area contributed by atoms with Crippen molar-refractivity contribution in [3.05, 3.63) is 34.4 Å². The molecule has 0 heterocycles. The SMILES string of the molecule is COC(=O)c1ccc(CN)c(C)c1C#N. The van der Waals surface area contributed by atoms with Gasteiger partial charge in [0.25, 0.3) is 0 Å². The Labute approximate surface area is 88.3 Å². The number of ether oxygens (including phenoxy) is 1. The van der Waals surface area contributed by atoms with Crippen molar-refractivity contribution >= 4 is 5.97 Å². The predicted molar refractivity (Wildman–Crippen MR) is 55.1 cm³/mol. The molecule has 0 radical (unpaired) electrons. The van der Waals surface area contributed by atoms with Crippen LogP contribution in [0.3, 0.4) is 0 Å². The minimum absolute atomic E-state index is 0.287. The maximum Gasteiger partial charge on any atom is 0.339 e. The van der Waals surface area contributed by atoms with Crippen LogP contribution in [0.4, 0.5) is 0 Å². The second kappa shape index (κ2) is 4.58. The number of methoxy groups -OCH3 is 1. The lowest BCUT2D eigenvalue weighted by Crippen LogP contribution is -2.08. The molecular weight excluding hydrogens is 192 g/mol. The van der Waals surface area contributed by atoms with Crippen molar-refractivity contribution in [1.29, 1.82) is 5.26 Å². The van der Waals surface area contributed by atoms with E-state index >= 15 is 0 Å². The molecule has 4 nitrogen and oxygen atoms in total. The van der Waals surface area contributed by atoms with Gasteiger partial charge in [-0.3, -0.25) is 0 Å². The standard InChI is InChI=1S/C11H12N2O2/c1-7-8(5-12)3-4-9(10(7)6-13)11(14)15-2/h3-4H,5,12H2,1-2H3. The molecular formula is C11H12N2O2. The largest absolute Gasteiger partial charge is 0.465 e. The number of esters is 1. The summed E-state index contributed by atoms with van der Waals surface area (Å²) in [7, 11) is 1.29. The van der Waals surface area contributed by atoms with Crippen LogP contribution in [0.1, 0.15) is 27.0 Å². The predicted octanol–water partition coefficient (Wildman–Crippen LogP) is 1.11.